The first kappa shape index (κ1) is 40.1. The molecule has 2 heteroatoms. The highest BCUT2D eigenvalue weighted by Gasteiger charge is 2.43. The molecule has 1 heterocycles. The second kappa shape index (κ2) is 15.2. The molecule has 0 amide bonds. The Labute approximate surface area is 398 Å². The van der Waals surface area contributed by atoms with Crippen molar-refractivity contribution in [2.45, 2.75) is 38.5 Å². The summed E-state index contributed by atoms with van der Waals surface area (Å²) in [7, 11) is 0. The van der Waals surface area contributed by atoms with Crippen molar-refractivity contribution in [2.24, 2.45) is 0 Å². The van der Waals surface area contributed by atoms with Gasteiger partial charge in [0.2, 0.25) is 0 Å². The van der Waals surface area contributed by atoms with Crippen molar-refractivity contribution in [3.63, 3.8) is 0 Å². The van der Waals surface area contributed by atoms with Gasteiger partial charge in [0.25, 0.3) is 0 Å². The van der Waals surface area contributed by atoms with Crippen LogP contribution in [-0.4, -0.2) is 0 Å². The number of hydrogen-bond acceptors (Lipinski definition) is 2. The highest BCUT2D eigenvalue weighted by Crippen LogP contribution is 2.59. The maximum atomic E-state index is 6.48. The standard InChI is InChI=1S/C66H49NO/c1-65(2)59-39-50(35-36-52(59)56-40-61-57(41-60(56)65)58-38-47(43-19-10-6-11-20-43)37-55(63(58)66(61,3)4)45-21-12-7-13-22-45)67(48-31-27-44(28-32-48)42-17-8-5-9-18-42)49-33-29-46(30-34-49)51-24-16-25-54-53-23-14-15-26-62(53)68-64(51)54/h5-41H,1-4H3. The summed E-state index contributed by atoms with van der Waals surface area (Å²) in [6.07, 6.45) is 0. The predicted octanol–water partition coefficient (Wildman–Crippen LogP) is 18.3. The number of nitrogens with zero attached hydrogens (tertiary/aromatic N) is 1. The van der Waals surface area contributed by atoms with Crippen LogP contribution in [-0.2, 0) is 10.8 Å². The van der Waals surface area contributed by atoms with Crippen molar-refractivity contribution in [3.8, 4) is 66.8 Å². The summed E-state index contributed by atoms with van der Waals surface area (Å²) in [6, 6.07) is 82.3. The topological polar surface area (TPSA) is 16.4 Å². The van der Waals surface area contributed by atoms with E-state index in [0.717, 1.165) is 50.1 Å². The third-order valence-corrected chi connectivity index (χ3v) is 15.0. The summed E-state index contributed by atoms with van der Waals surface area (Å²) in [6.45, 7) is 9.67. The Kier molecular flexibility index (Phi) is 8.95. The van der Waals surface area contributed by atoms with E-state index in [0.29, 0.717) is 0 Å². The number of rotatable bonds is 7. The molecule has 0 N–H and O–H groups in total. The predicted molar refractivity (Wildman–Crippen MR) is 285 cm³/mol. The Morgan fingerprint density at radius 1 is 0.309 bits per heavy atom. The van der Waals surface area contributed by atoms with E-state index in [-0.39, 0.29) is 10.8 Å². The lowest BCUT2D eigenvalue weighted by Crippen LogP contribution is -2.18. The highest BCUT2D eigenvalue weighted by atomic mass is 16.3. The van der Waals surface area contributed by atoms with Crippen LogP contribution in [0.25, 0.3) is 88.7 Å². The van der Waals surface area contributed by atoms with Gasteiger partial charge in [-0.2, -0.15) is 0 Å². The summed E-state index contributed by atoms with van der Waals surface area (Å²) in [5.41, 5.74) is 25.2. The first-order valence-electron chi connectivity index (χ1n) is 23.8. The highest BCUT2D eigenvalue weighted by molar-refractivity contribution is 6.09. The molecule has 0 saturated carbocycles. The van der Waals surface area contributed by atoms with Gasteiger partial charge in [0.1, 0.15) is 11.2 Å². The Balaban J connectivity index is 0.931. The minimum atomic E-state index is -0.250. The lowest BCUT2D eigenvalue weighted by molar-refractivity contribution is 0.653. The van der Waals surface area contributed by atoms with Crippen molar-refractivity contribution in [2.75, 3.05) is 4.90 Å². The molecule has 0 saturated heterocycles. The van der Waals surface area contributed by atoms with Crippen LogP contribution in [0.4, 0.5) is 17.1 Å². The summed E-state index contributed by atoms with van der Waals surface area (Å²) in [4.78, 5) is 2.41. The zero-order valence-corrected chi connectivity index (χ0v) is 38.7. The van der Waals surface area contributed by atoms with Gasteiger partial charge in [0.15, 0.2) is 0 Å². The van der Waals surface area contributed by atoms with Gasteiger partial charge in [-0.25, -0.2) is 0 Å². The molecule has 2 aliphatic carbocycles. The van der Waals surface area contributed by atoms with Crippen LogP contribution in [0, 0.1) is 0 Å². The van der Waals surface area contributed by atoms with E-state index in [1.165, 1.54) is 77.9 Å². The van der Waals surface area contributed by atoms with Crippen molar-refractivity contribution < 1.29 is 4.42 Å². The van der Waals surface area contributed by atoms with E-state index in [2.05, 4.69) is 251 Å². The largest absolute Gasteiger partial charge is 0.455 e. The molecule has 68 heavy (non-hydrogen) atoms. The van der Waals surface area contributed by atoms with E-state index in [9.17, 15) is 0 Å². The van der Waals surface area contributed by atoms with Crippen LogP contribution in [0.2, 0.25) is 0 Å². The summed E-state index contributed by atoms with van der Waals surface area (Å²) in [5, 5.41) is 2.27. The van der Waals surface area contributed by atoms with Crippen LogP contribution >= 0.6 is 0 Å². The molecule has 0 atom stereocenters. The molecule has 13 rings (SSSR count). The number of benzene rings is 10. The normalized spacial score (nSPS) is 13.8. The van der Waals surface area contributed by atoms with Gasteiger partial charge in [-0.1, -0.05) is 185 Å². The third-order valence-electron chi connectivity index (χ3n) is 15.0. The van der Waals surface area contributed by atoms with Crippen molar-refractivity contribution in [1.82, 2.24) is 0 Å². The van der Waals surface area contributed by atoms with Crippen LogP contribution < -0.4 is 4.90 Å². The van der Waals surface area contributed by atoms with Gasteiger partial charge in [-0.3, -0.25) is 0 Å². The Morgan fingerprint density at radius 2 is 0.794 bits per heavy atom. The number of fused-ring (bicyclic) bond motifs is 9. The third kappa shape index (κ3) is 6.17. The molecule has 0 spiro atoms. The minimum Gasteiger partial charge on any atom is -0.455 e. The number of anilines is 3. The average Bonchev–Trinajstić information content (AvgIpc) is 3.96. The van der Waals surface area contributed by atoms with Gasteiger partial charge in [0.05, 0.1) is 0 Å². The fourth-order valence-corrected chi connectivity index (χ4v) is 11.6. The maximum absolute atomic E-state index is 6.48. The fourth-order valence-electron chi connectivity index (χ4n) is 11.6. The summed E-state index contributed by atoms with van der Waals surface area (Å²) >= 11 is 0. The van der Waals surface area contributed by atoms with E-state index in [1.54, 1.807) is 0 Å². The van der Waals surface area contributed by atoms with Gasteiger partial charge in [-0.15, -0.1) is 0 Å². The van der Waals surface area contributed by atoms with Crippen molar-refractivity contribution in [3.05, 3.63) is 247 Å². The molecule has 0 bridgehead atoms. The van der Waals surface area contributed by atoms with Crippen molar-refractivity contribution in [1.29, 1.82) is 0 Å². The Morgan fingerprint density at radius 3 is 1.47 bits per heavy atom. The van der Waals surface area contributed by atoms with E-state index >= 15 is 0 Å². The van der Waals surface area contributed by atoms with Crippen molar-refractivity contribution >= 4 is 39.0 Å². The molecule has 0 unspecified atom stereocenters. The van der Waals surface area contributed by atoms with Gasteiger partial charge >= 0.3 is 0 Å². The quantitative estimate of drug-likeness (QED) is 0.159. The molecular formula is C66H49NO. The number of furan rings is 1. The molecule has 0 radical (unpaired) electrons. The molecule has 0 aliphatic heterocycles. The Hall–Kier alpha value is -8.20. The molecule has 11 aromatic rings. The fraction of sp³-hybridized carbons (Fsp3) is 0.0909. The number of para-hydroxylation sites is 2. The zero-order valence-electron chi connectivity index (χ0n) is 38.7. The monoisotopic (exact) mass is 871 g/mol. The van der Waals surface area contributed by atoms with Gasteiger partial charge in [-0.05, 0) is 150 Å². The molecule has 10 aromatic carbocycles. The smallest absolute Gasteiger partial charge is 0.143 e. The Bertz CT molecular complexity index is 3750. The molecule has 2 nitrogen and oxygen atoms in total. The summed E-state index contributed by atoms with van der Waals surface area (Å²) in [5.74, 6) is 0. The molecule has 324 valence electrons. The van der Waals surface area contributed by atoms with Crippen LogP contribution in [0.15, 0.2) is 229 Å². The SMILES string of the molecule is CC1(C)c2cc(N(c3ccc(-c4ccccc4)cc3)c3ccc(-c4cccc5c4oc4ccccc45)cc3)ccc2-c2cc3c(cc21)-c1cc(-c2ccccc2)cc(-c2ccccc2)c1C3(C)C. The van der Waals surface area contributed by atoms with Gasteiger partial charge < -0.3 is 9.32 Å². The maximum Gasteiger partial charge on any atom is 0.143 e. The first-order chi connectivity index (χ1) is 33.2. The van der Waals surface area contributed by atoms with E-state index in [1.807, 2.05) is 6.07 Å². The van der Waals surface area contributed by atoms with E-state index < -0.39 is 0 Å². The second-order valence-corrected chi connectivity index (χ2v) is 19.7. The molecule has 0 fully saturated rings. The molecular weight excluding hydrogens is 823 g/mol. The second-order valence-electron chi connectivity index (χ2n) is 19.7. The van der Waals surface area contributed by atoms with E-state index in [4.69, 9.17) is 4.42 Å². The average molecular weight is 872 g/mol. The van der Waals surface area contributed by atoms with Crippen LogP contribution in [0.1, 0.15) is 49.9 Å². The molecule has 2 aliphatic rings. The minimum absolute atomic E-state index is 0.211. The zero-order chi connectivity index (χ0) is 45.7. The number of hydrogen-bond donors (Lipinski definition) is 0. The molecule has 1 aromatic heterocycles. The summed E-state index contributed by atoms with van der Waals surface area (Å²) < 4.78 is 6.48. The van der Waals surface area contributed by atoms with Crippen LogP contribution in [0.5, 0.6) is 0 Å². The van der Waals surface area contributed by atoms with Gasteiger partial charge in [0, 0.05) is 44.2 Å². The lowest BCUT2D eigenvalue weighted by Gasteiger charge is -2.28. The first-order valence-corrected chi connectivity index (χ1v) is 23.8. The lowest BCUT2D eigenvalue weighted by atomic mass is 9.77. The van der Waals surface area contributed by atoms with Crippen LogP contribution in [0.3, 0.4) is 0 Å².